The topological polar surface area (TPSA) is 152 Å². The molecule has 1 N–H and O–H groups in total. The van der Waals surface area contributed by atoms with Gasteiger partial charge in [0, 0.05) is 32.4 Å². The van der Waals surface area contributed by atoms with E-state index in [0.29, 0.717) is 22.6 Å². The summed E-state index contributed by atoms with van der Waals surface area (Å²) in [5, 5.41) is 1.60. The minimum atomic E-state index is -4.68. The van der Waals surface area contributed by atoms with E-state index in [0.717, 1.165) is 18.2 Å². The molecule has 0 aromatic heterocycles. The number of rotatable bonds is 21. The number of ether oxygens (including phenoxy) is 3. The summed E-state index contributed by atoms with van der Waals surface area (Å²) in [5.74, 6) is -4.57. The summed E-state index contributed by atoms with van der Waals surface area (Å²) in [6.45, 7) is 16.4. The van der Waals surface area contributed by atoms with Gasteiger partial charge in [-0.25, -0.2) is 15.0 Å². The molecule has 15 heteroatoms. The zero-order valence-corrected chi connectivity index (χ0v) is 33.0. The van der Waals surface area contributed by atoms with Crippen LogP contribution in [0.1, 0.15) is 78.7 Å². The van der Waals surface area contributed by atoms with Crippen LogP contribution < -0.4 is 34.9 Å². The molecule has 4 atom stereocenters. The quantitative estimate of drug-likeness (QED) is 0.0495. The molecule has 1 amide bonds. The Morgan fingerprint density at radius 1 is 1.02 bits per heavy atom. The fourth-order valence-corrected chi connectivity index (χ4v) is 7.07. The molecule has 0 saturated carbocycles. The van der Waals surface area contributed by atoms with Crippen molar-refractivity contribution in [1.29, 1.82) is 0 Å². The van der Waals surface area contributed by atoms with E-state index < -0.39 is 61.9 Å². The SMILES string of the molecule is [C-]#[N+]C(C)(CC)CC(CC(CC(SC(=S)c1ccccc1)C(=O)NC(C)(C)CS(=O)(=O)[O-])C(=O)OCCCC)C(=O)OCCOC.[Na+]. The van der Waals surface area contributed by atoms with Gasteiger partial charge in [-0.1, -0.05) is 62.8 Å². The van der Waals surface area contributed by atoms with Crippen LogP contribution in [-0.4, -0.2) is 84.0 Å². The second-order valence-corrected chi connectivity index (χ2v) is 15.3. The van der Waals surface area contributed by atoms with Crippen LogP contribution in [0, 0.1) is 18.4 Å². The maximum Gasteiger partial charge on any atom is 1.00 e. The van der Waals surface area contributed by atoms with Gasteiger partial charge in [-0.2, -0.15) is 0 Å². The van der Waals surface area contributed by atoms with Crippen LogP contribution in [0.3, 0.4) is 0 Å². The number of thiocarbonyl (C=S) groups is 1. The third-order valence-corrected chi connectivity index (χ3v) is 10.0. The van der Waals surface area contributed by atoms with E-state index in [1.165, 1.54) is 21.0 Å². The first-order valence-corrected chi connectivity index (χ1v) is 18.1. The number of nitrogens with one attached hydrogen (secondary N) is 1. The molecule has 1 rings (SSSR count). The Labute approximate surface area is 311 Å². The maximum absolute atomic E-state index is 13.8. The number of unbranched alkanes of at least 4 members (excludes halogenated alkanes) is 1. The molecule has 0 fully saturated rings. The van der Waals surface area contributed by atoms with Crippen LogP contribution in [0.25, 0.3) is 4.85 Å². The number of carbonyl (C=O) groups excluding carboxylic acids is 3. The van der Waals surface area contributed by atoms with Gasteiger partial charge < -0.3 is 28.9 Å². The fraction of sp³-hybridized carbons (Fsp3) is 0.656. The summed E-state index contributed by atoms with van der Waals surface area (Å²) < 4.78 is 51.0. The van der Waals surface area contributed by atoms with E-state index in [1.54, 1.807) is 31.2 Å². The molecule has 4 unspecified atom stereocenters. The second kappa shape index (κ2) is 22.2. The minimum Gasteiger partial charge on any atom is -0.748 e. The van der Waals surface area contributed by atoms with Gasteiger partial charge in [0.25, 0.3) is 0 Å². The molecule has 0 radical (unpaired) electrons. The van der Waals surface area contributed by atoms with Crippen molar-refractivity contribution in [3.8, 4) is 0 Å². The van der Waals surface area contributed by atoms with Gasteiger partial charge >= 0.3 is 41.5 Å². The molecule has 1 aromatic carbocycles. The van der Waals surface area contributed by atoms with Crippen molar-refractivity contribution >= 4 is 56.1 Å². The van der Waals surface area contributed by atoms with Gasteiger partial charge in [0.2, 0.25) is 11.4 Å². The number of esters is 2. The molecule has 0 aliphatic heterocycles. The first kappa shape index (κ1) is 45.4. The first-order chi connectivity index (χ1) is 21.5. The smallest absolute Gasteiger partial charge is 0.748 e. The van der Waals surface area contributed by atoms with Gasteiger partial charge in [-0.05, 0) is 38.7 Å². The Morgan fingerprint density at radius 3 is 2.15 bits per heavy atom. The number of methoxy groups -OCH3 is 1. The van der Waals surface area contributed by atoms with E-state index in [4.69, 9.17) is 33.0 Å². The van der Waals surface area contributed by atoms with Crippen molar-refractivity contribution in [3.05, 3.63) is 47.3 Å². The third kappa shape index (κ3) is 18.1. The van der Waals surface area contributed by atoms with Gasteiger partial charge in [0.1, 0.15) is 6.61 Å². The Bertz CT molecular complexity index is 1310. The number of thioether (sulfide) groups is 1. The van der Waals surface area contributed by atoms with E-state index in [9.17, 15) is 27.4 Å². The maximum atomic E-state index is 13.8. The molecule has 0 aliphatic carbocycles. The summed E-state index contributed by atoms with van der Waals surface area (Å²) >= 11 is 6.66. The van der Waals surface area contributed by atoms with Crippen molar-refractivity contribution in [1.82, 2.24) is 5.32 Å². The van der Waals surface area contributed by atoms with Gasteiger partial charge in [-0.15, -0.1) is 11.8 Å². The molecule has 0 heterocycles. The van der Waals surface area contributed by atoms with Gasteiger partial charge in [-0.3, -0.25) is 14.4 Å². The van der Waals surface area contributed by atoms with Crippen LogP contribution in [-0.2, 0) is 38.7 Å². The van der Waals surface area contributed by atoms with E-state index >= 15 is 0 Å². The Hall–Kier alpha value is -1.57. The Balaban J connectivity index is 0.0000212. The van der Waals surface area contributed by atoms with Gasteiger partial charge in [0.05, 0.1) is 50.4 Å². The summed E-state index contributed by atoms with van der Waals surface area (Å²) in [6, 6.07) is 8.94. The Morgan fingerprint density at radius 2 is 1.62 bits per heavy atom. The van der Waals surface area contributed by atoms with E-state index in [2.05, 4.69) is 10.2 Å². The van der Waals surface area contributed by atoms with Crippen molar-refractivity contribution in [2.75, 3.05) is 32.7 Å². The van der Waals surface area contributed by atoms with Crippen LogP contribution >= 0.6 is 24.0 Å². The molecule has 0 saturated heterocycles. The molecule has 47 heavy (non-hydrogen) atoms. The normalized spacial score (nSPS) is 14.7. The number of hydrogen-bond donors (Lipinski definition) is 1. The molecule has 0 spiro atoms. The predicted molar refractivity (Wildman–Crippen MR) is 181 cm³/mol. The monoisotopic (exact) mass is 722 g/mol. The fourth-order valence-electron chi connectivity index (χ4n) is 4.60. The van der Waals surface area contributed by atoms with Crippen LogP contribution in [0.2, 0.25) is 0 Å². The molecule has 0 bridgehead atoms. The summed E-state index contributed by atoms with van der Waals surface area (Å²) in [5.41, 5.74) is -1.66. The summed E-state index contributed by atoms with van der Waals surface area (Å²) in [6.07, 6.45) is 1.75. The largest absolute Gasteiger partial charge is 1.00 e. The molecule has 0 aliphatic rings. The number of amides is 1. The number of benzene rings is 1. The Kier molecular flexibility index (Phi) is 21.5. The minimum absolute atomic E-state index is 0. The van der Waals surface area contributed by atoms with Gasteiger partial charge in [0.15, 0.2) is 0 Å². The average molecular weight is 723 g/mol. The number of hydrogen-bond acceptors (Lipinski definition) is 11. The molecular weight excluding hydrogens is 676 g/mol. The van der Waals surface area contributed by atoms with Crippen molar-refractivity contribution < 1.29 is 71.1 Å². The third-order valence-electron chi connectivity index (χ3n) is 7.28. The molecule has 258 valence electrons. The summed E-state index contributed by atoms with van der Waals surface area (Å²) in [4.78, 5) is 44.4. The summed E-state index contributed by atoms with van der Waals surface area (Å²) in [7, 11) is -3.21. The standard InChI is InChI=1S/C32H48N2O9S3.Na/c1-8-10-16-42-28(36)24(19-25(21-32(5,9-2)33-6)29(37)43-18-17-41-7)20-26(45-30(44)23-14-12-11-13-15-23)27(35)34-31(3,4)22-46(38,39)40;/h11-15,24-26H,8-10,16-22H2,1-5,7H3,(H,34,35)(H,38,39,40);/q;+1/p-1. The average Bonchev–Trinajstić information content (AvgIpc) is 2.98. The molecular formula is C32H47N2NaO9S3. The number of carbonyl (C=O) groups is 3. The number of nitrogens with zero attached hydrogens (tertiary/aromatic N) is 1. The van der Waals surface area contributed by atoms with Crippen LogP contribution in [0.4, 0.5) is 0 Å². The molecule has 1 aromatic rings. The zero-order chi connectivity index (χ0) is 35.0. The van der Waals surface area contributed by atoms with Crippen molar-refractivity contribution in [2.45, 2.75) is 89.5 Å². The second-order valence-electron chi connectivity index (χ2n) is 12.0. The predicted octanol–water partition coefficient (Wildman–Crippen LogP) is 1.93. The van der Waals surface area contributed by atoms with E-state index in [1.807, 2.05) is 19.9 Å². The first-order valence-electron chi connectivity index (χ1n) is 15.2. The van der Waals surface area contributed by atoms with Crippen molar-refractivity contribution in [3.63, 3.8) is 0 Å². The van der Waals surface area contributed by atoms with Crippen LogP contribution in [0.5, 0.6) is 0 Å². The van der Waals surface area contributed by atoms with Crippen LogP contribution in [0.15, 0.2) is 30.3 Å². The van der Waals surface area contributed by atoms with E-state index in [-0.39, 0.29) is 68.6 Å². The van der Waals surface area contributed by atoms with Crippen molar-refractivity contribution in [2.24, 2.45) is 11.8 Å². The zero-order valence-electron chi connectivity index (χ0n) is 28.5. The molecule has 11 nitrogen and oxygen atoms in total.